The van der Waals surface area contributed by atoms with Gasteiger partial charge >= 0.3 is 10.2 Å². The molecule has 1 aliphatic rings. The van der Waals surface area contributed by atoms with Crippen LogP contribution < -0.4 is 9.83 Å². The van der Waals surface area contributed by atoms with Gasteiger partial charge in [0.1, 0.15) is 12.6 Å². The van der Waals surface area contributed by atoms with Gasteiger partial charge in [0.05, 0.1) is 0 Å². The molecule has 0 amide bonds. The molecule has 88 valence electrons. The highest BCUT2D eigenvalue weighted by Gasteiger charge is 2.31. The Morgan fingerprint density at radius 2 is 2.00 bits per heavy atom. The summed E-state index contributed by atoms with van der Waals surface area (Å²) in [5.41, 5.74) is 0. The van der Waals surface area contributed by atoms with Crippen LogP contribution in [0.25, 0.3) is 0 Å². The van der Waals surface area contributed by atoms with Gasteiger partial charge in [-0.1, -0.05) is 0 Å². The molecule has 1 atom stereocenters. The summed E-state index contributed by atoms with van der Waals surface area (Å²) in [4.78, 5) is 10.4. The maximum atomic E-state index is 11.6. The van der Waals surface area contributed by atoms with Crippen LogP contribution in [0.5, 0.6) is 0 Å². The number of quaternary nitrogens is 1. The quantitative estimate of drug-likeness (QED) is 0.506. The number of hydrogen-bond acceptors (Lipinski definition) is 5. The van der Waals surface area contributed by atoms with Crippen molar-refractivity contribution in [3.05, 3.63) is 0 Å². The van der Waals surface area contributed by atoms with E-state index >= 15 is 0 Å². The number of aliphatic hydroxyl groups is 1. The van der Waals surface area contributed by atoms with Crippen LogP contribution in [0.15, 0.2) is 0 Å². The van der Waals surface area contributed by atoms with Crippen LogP contribution in [0, 0.1) is 0 Å². The summed E-state index contributed by atoms with van der Waals surface area (Å²) in [6, 6.07) is -1.46. The van der Waals surface area contributed by atoms with Crippen LogP contribution in [0.4, 0.5) is 0 Å². The zero-order valence-electron chi connectivity index (χ0n) is 8.13. The smallest absolute Gasteiger partial charge is 0.369 e. The maximum Gasteiger partial charge on any atom is 0.369 e. The van der Waals surface area contributed by atoms with E-state index in [1.165, 1.54) is 4.31 Å². The molecule has 0 aromatic heterocycles. The van der Waals surface area contributed by atoms with Gasteiger partial charge in [0.15, 0.2) is 6.04 Å². The molecule has 0 spiro atoms. The minimum atomic E-state index is -3.69. The number of nitrogens with zero attached hydrogens (tertiary/aromatic N) is 1. The minimum Gasteiger partial charge on any atom is -0.544 e. The van der Waals surface area contributed by atoms with E-state index in [-0.39, 0.29) is 0 Å². The largest absolute Gasteiger partial charge is 0.544 e. The molecule has 1 rings (SSSR count). The lowest BCUT2D eigenvalue weighted by Crippen LogP contribution is -2.98. The fourth-order valence-electron chi connectivity index (χ4n) is 1.41. The first-order valence-electron chi connectivity index (χ1n) is 4.64. The lowest BCUT2D eigenvalue weighted by Gasteiger charge is -2.18. The van der Waals surface area contributed by atoms with Crippen molar-refractivity contribution in [2.45, 2.75) is 18.9 Å². The second-order valence-corrected chi connectivity index (χ2v) is 5.21. The van der Waals surface area contributed by atoms with Crippen LogP contribution in [-0.4, -0.2) is 49.5 Å². The Kier molecular flexibility index (Phi) is 4.03. The summed E-state index contributed by atoms with van der Waals surface area (Å²) < 4.78 is 25.0. The van der Waals surface area contributed by atoms with E-state index in [9.17, 15) is 18.3 Å². The van der Waals surface area contributed by atoms with E-state index < -0.39 is 28.8 Å². The average molecular weight is 238 g/mol. The number of aliphatic carboxylic acids is 1. The van der Waals surface area contributed by atoms with Gasteiger partial charge in [-0.15, -0.1) is 0 Å². The van der Waals surface area contributed by atoms with E-state index in [2.05, 4.69) is 0 Å². The van der Waals surface area contributed by atoms with Gasteiger partial charge in [-0.25, -0.2) is 4.72 Å². The Labute approximate surface area is 87.9 Å². The van der Waals surface area contributed by atoms with Gasteiger partial charge in [0.25, 0.3) is 0 Å². The summed E-state index contributed by atoms with van der Waals surface area (Å²) in [6.07, 6.45) is 1.56. The molecule has 0 aromatic carbocycles. The Bertz CT molecular complexity index is 322. The Hall–Kier alpha value is -0.700. The Morgan fingerprint density at radius 3 is 2.40 bits per heavy atom. The molecule has 0 radical (unpaired) electrons. The van der Waals surface area contributed by atoms with Crippen molar-refractivity contribution >= 4 is 16.2 Å². The number of carbonyl (C=O) groups is 1. The fourth-order valence-corrected chi connectivity index (χ4v) is 2.96. The zero-order chi connectivity index (χ0) is 11.5. The van der Waals surface area contributed by atoms with Gasteiger partial charge in [0, 0.05) is 13.1 Å². The van der Waals surface area contributed by atoms with Gasteiger partial charge in [-0.05, 0) is 12.8 Å². The van der Waals surface area contributed by atoms with Crippen molar-refractivity contribution in [2.75, 3.05) is 19.7 Å². The van der Waals surface area contributed by atoms with Crippen molar-refractivity contribution in [3.63, 3.8) is 0 Å². The molecule has 3 N–H and O–H groups in total. The lowest BCUT2D eigenvalue weighted by atomic mass is 10.3. The van der Waals surface area contributed by atoms with Crippen LogP contribution in [0.3, 0.4) is 0 Å². The number of carbonyl (C=O) groups excluding carboxylic acids is 1. The van der Waals surface area contributed by atoms with Gasteiger partial charge in [0.2, 0.25) is 0 Å². The Morgan fingerprint density at radius 1 is 1.47 bits per heavy atom. The predicted molar refractivity (Wildman–Crippen MR) is 47.5 cm³/mol. The molecule has 0 saturated carbocycles. The van der Waals surface area contributed by atoms with Crippen LogP contribution in [0.1, 0.15) is 12.8 Å². The molecule has 1 heterocycles. The van der Waals surface area contributed by atoms with E-state index in [1.54, 1.807) is 0 Å². The van der Waals surface area contributed by atoms with Crippen molar-refractivity contribution in [1.82, 2.24) is 4.31 Å². The summed E-state index contributed by atoms with van der Waals surface area (Å²) in [6.45, 7) is 0.0451. The first kappa shape index (κ1) is 12.4. The molecule has 0 unspecified atom stereocenters. The number of nitrogens with two attached hydrogens (primary N) is 1. The van der Waals surface area contributed by atoms with Crippen molar-refractivity contribution in [1.29, 1.82) is 0 Å². The number of carboxylic acid groups (broad SMARTS) is 1. The highest BCUT2D eigenvalue weighted by molar-refractivity contribution is 7.82. The number of carboxylic acids is 1. The predicted octanol–water partition coefficient (Wildman–Crippen LogP) is -4.00. The molecular formula is C7H14N2O5S. The molecule has 1 saturated heterocycles. The topological polar surface area (TPSA) is 114 Å². The van der Waals surface area contributed by atoms with Crippen molar-refractivity contribution < 1.29 is 28.1 Å². The van der Waals surface area contributed by atoms with Gasteiger partial charge < -0.3 is 15.0 Å². The molecule has 15 heavy (non-hydrogen) atoms. The van der Waals surface area contributed by atoms with Crippen LogP contribution >= 0.6 is 0 Å². The maximum absolute atomic E-state index is 11.6. The fraction of sp³-hybridized carbons (Fsp3) is 0.857. The number of rotatable bonds is 5. The van der Waals surface area contributed by atoms with E-state index in [1.807, 2.05) is 0 Å². The number of hydrogen-bond donors (Lipinski definition) is 2. The highest BCUT2D eigenvalue weighted by Crippen LogP contribution is 2.08. The van der Waals surface area contributed by atoms with Crippen molar-refractivity contribution in [2.24, 2.45) is 0 Å². The first-order valence-corrected chi connectivity index (χ1v) is 6.14. The molecule has 8 heteroatoms. The summed E-state index contributed by atoms with van der Waals surface area (Å²) in [7, 11) is -3.69. The van der Waals surface area contributed by atoms with Crippen LogP contribution in [-0.2, 0) is 15.0 Å². The van der Waals surface area contributed by atoms with Crippen molar-refractivity contribution in [3.8, 4) is 0 Å². The second kappa shape index (κ2) is 4.88. The number of aliphatic hydroxyl groups excluding tert-OH is 1. The monoisotopic (exact) mass is 238 g/mol. The van der Waals surface area contributed by atoms with E-state index in [4.69, 9.17) is 5.11 Å². The standard InChI is InChI=1S/C7H14N2O5S/c10-5-6(7(11)12)8-15(13,14)9-3-1-2-4-9/h6,8,10H,1-5H2,(H,11,12)/t6-/m0/s1. The molecule has 1 fully saturated rings. The summed E-state index contributed by atoms with van der Waals surface area (Å²) in [5, 5.41) is 19.1. The van der Waals surface area contributed by atoms with E-state index in [0.29, 0.717) is 17.8 Å². The third-order valence-electron chi connectivity index (χ3n) is 2.26. The highest BCUT2D eigenvalue weighted by atomic mass is 32.2. The van der Waals surface area contributed by atoms with Gasteiger partial charge in [-0.3, -0.25) is 0 Å². The molecule has 0 aliphatic carbocycles. The molecule has 0 aromatic rings. The molecule has 7 nitrogen and oxygen atoms in total. The normalized spacial score (nSPS) is 20.3. The summed E-state index contributed by atoms with van der Waals surface area (Å²) >= 11 is 0. The van der Waals surface area contributed by atoms with Gasteiger partial charge in [-0.2, -0.15) is 12.7 Å². The lowest BCUT2D eigenvalue weighted by molar-refractivity contribution is -0.547. The molecular weight excluding hydrogens is 224 g/mol. The minimum absolute atomic E-state index is 0.407. The van der Waals surface area contributed by atoms with E-state index in [0.717, 1.165) is 12.8 Å². The third-order valence-corrected chi connectivity index (χ3v) is 4.02. The molecule has 0 bridgehead atoms. The average Bonchev–Trinajstić information content (AvgIpc) is 2.67. The second-order valence-electron chi connectivity index (χ2n) is 3.40. The SMILES string of the molecule is O=C([O-])[C@H](CO)[NH2+]S(=O)(=O)N1CCCC1. The first-order chi connectivity index (χ1) is 6.97. The Balaban J connectivity index is 2.65. The summed E-state index contributed by atoms with van der Waals surface area (Å²) in [5.74, 6) is -1.58. The zero-order valence-corrected chi connectivity index (χ0v) is 8.94. The molecule has 1 aliphatic heterocycles. The van der Waals surface area contributed by atoms with Crippen LogP contribution in [0.2, 0.25) is 0 Å². The third kappa shape index (κ3) is 3.13.